The number of hydrogen-bond acceptors (Lipinski definition) is 3. The first-order valence-electron chi connectivity index (χ1n) is 4.70. The van der Waals surface area contributed by atoms with Gasteiger partial charge in [0.25, 0.3) is 0 Å². The number of rotatable bonds is 4. The van der Waals surface area contributed by atoms with Crippen LogP contribution in [0.5, 0.6) is 0 Å². The van der Waals surface area contributed by atoms with Crippen LogP contribution in [0.1, 0.15) is 25.7 Å². The fourth-order valence-corrected chi connectivity index (χ4v) is 2.49. The number of hydrogen-bond donors (Lipinski definition) is 1. The Balaban J connectivity index is 2.51. The second-order valence-corrected chi connectivity index (χ2v) is 5.28. The SMILES string of the molecule is C=CCS(=O)(=O)NC(=O)C1CCCC1. The van der Waals surface area contributed by atoms with Gasteiger partial charge in [0.15, 0.2) is 0 Å². The molecular weight excluding hydrogens is 202 g/mol. The first-order chi connectivity index (χ1) is 6.55. The monoisotopic (exact) mass is 217 g/mol. The molecule has 0 radical (unpaired) electrons. The summed E-state index contributed by atoms with van der Waals surface area (Å²) in [5.41, 5.74) is 0. The van der Waals surface area contributed by atoms with Gasteiger partial charge in [0, 0.05) is 5.92 Å². The molecule has 0 aromatic rings. The number of amides is 1. The summed E-state index contributed by atoms with van der Waals surface area (Å²) in [5, 5.41) is 0. The molecule has 0 aromatic heterocycles. The maximum atomic E-state index is 11.4. The second kappa shape index (κ2) is 4.59. The number of sulfonamides is 1. The highest BCUT2D eigenvalue weighted by molar-refractivity contribution is 7.90. The van der Waals surface area contributed by atoms with Crippen LogP contribution >= 0.6 is 0 Å². The van der Waals surface area contributed by atoms with Gasteiger partial charge in [0.2, 0.25) is 15.9 Å². The van der Waals surface area contributed by atoms with Crippen molar-refractivity contribution in [3.05, 3.63) is 12.7 Å². The van der Waals surface area contributed by atoms with Crippen molar-refractivity contribution < 1.29 is 13.2 Å². The van der Waals surface area contributed by atoms with Crippen LogP contribution in [0.15, 0.2) is 12.7 Å². The molecule has 1 saturated carbocycles. The quantitative estimate of drug-likeness (QED) is 0.709. The molecule has 0 heterocycles. The summed E-state index contributed by atoms with van der Waals surface area (Å²) < 4.78 is 24.5. The van der Waals surface area contributed by atoms with Gasteiger partial charge in [-0.2, -0.15) is 0 Å². The first-order valence-corrected chi connectivity index (χ1v) is 6.35. The van der Waals surface area contributed by atoms with Crippen molar-refractivity contribution in [3.63, 3.8) is 0 Å². The summed E-state index contributed by atoms with van der Waals surface area (Å²) in [6.45, 7) is 3.32. The number of carbonyl (C=O) groups is 1. The smallest absolute Gasteiger partial charge is 0.238 e. The number of nitrogens with one attached hydrogen (secondary N) is 1. The minimum absolute atomic E-state index is 0.116. The van der Waals surface area contributed by atoms with Crippen molar-refractivity contribution in [1.29, 1.82) is 0 Å². The molecule has 80 valence electrons. The molecular formula is C9H15NO3S. The van der Waals surface area contributed by atoms with Gasteiger partial charge >= 0.3 is 0 Å². The van der Waals surface area contributed by atoms with Gasteiger partial charge in [-0.25, -0.2) is 8.42 Å². The van der Waals surface area contributed by atoms with Crippen LogP contribution in [-0.2, 0) is 14.8 Å². The Bertz CT molecular complexity index is 315. The van der Waals surface area contributed by atoms with Crippen LogP contribution in [-0.4, -0.2) is 20.1 Å². The lowest BCUT2D eigenvalue weighted by Gasteiger charge is -2.09. The van der Waals surface area contributed by atoms with Gasteiger partial charge in [-0.1, -0.05) is 18.9 Å². The second-order valence-electron chi connectivity index (χ2n) is 3.52. The molecule has 0 saturated heterocycles. The van der Waals surface area contributed by atoms with Crippen molar-refractivity contribution >= 4 is 15.9 Å². The van der Waals surface area contributed by atoms with Crippen LogP contribution in [0.4, 0.5) is 0 Å². The van der Waals surface area contributed by atoms with Gasteiger partial charge in [0.1, 0.15) is 0 Å². The molecule has 0 aromatic carbocycles. The van der Waals surface area contributed by atoms with E-state index in [1.807, 2.05) is 0 Å². The Morgan fingerprint density at radius 1 is 1.43 bits per heavy atom. The van der Waals surface area contributed by atoms with Crippen molar-refractivity contribution in [3.8, 4) is 0 Å². The lowest BCUT2D eigenvalue weighted by atomic mass is 10.1. The van der Waals surface area contributed by atoms with E-state index in [9.17, 15) is 13.2 Å². The van der Waals surface area contributed by atoms with E-state index in [0.717, 1.165) is 25.7 Å². The molecule has 0 unspecified atom stereocenters. The Labute approximate surface area is 84.4 Å². The fourth-order valence-electron chi connectivity index (χ4n) is 1.62. The first kappa shape index (κ1) is 11.2. The lowest BCUT2D eigenvalue weighted by Crippen LogP contribution is -2.35. The average molecular weight is 217 g/mol. The minimum Gasteiger partial charge on any atom is -0.274 e. The molecule has 1 fully saturated rings. The highest BCUT2D eigenvalue weighted by atomic mass is 32.2. The van der Waals surface area contributed by atoms with Crippen LogP contribution in [0.25, 0.3) is 0 Å². The zero-order chi connectivity index (χ0) is 10.6. The van der Waals surface area contributed by atoms with E-state index in [1.165, 1.54) is 6.08 Å². The molecule has 0 atom stereocenters. The molecule has 0 bridgehead atoms. The van der Waals surface area contributed by atoms with Gasteiger partial charge < -0.3 is 0 Å². The fraction of sp³-hybridized carbons (Fsp3) is 0.667. The summed E-state index contributed by atoms with van der Waals surface area (Å²) in [6.07, 6.45) is 4.90. The molecule has 0 aliphatic heterocycles. The zero-order valence-electron chi connectivity index (χ0n) is 8.03. The summed E-state index contributed by atoms with van der Waals surface area (Å²) >= 11 is 0. The highest BCUT2D eigenvalue weighted by Crippen LogP contribution is 2.24. The summed E-state index contributed by atoms with van der Waals surface area (Å²) in [7, 11) is -3.49. The minimum atomic E-state index is -3.49. The van der Waals surface area contributed by atoms with E-state index in [1.54, 1.807) is 0 Å². The third kappa shape index (κ3) is 3.14. The van der Waals surface area contributed by atoms with Gasteiger partial charge in [0.05, 0.1) is 5.75 Å². The Kier molecular flexibility index (Phi) is 3.69. The van der Waals surface area contributed by atoms with Crippen molar-refractivity contribution in [2.45, 2.75) is 25.7 Å². The van der Waals surface area contributed by atoms with E-state index < -0.39 is 10.0 Å². The van der Waals surface area contributed by atoms with Gasteiger partial charge in [-0.15, -0.1) is 6.58 Å². The molecule has 1 amide bonds. The molecule has 5 heteroatoms. The molecule has 1 aliphatic carbocycles. The van der Waals surface area contributed by atoms with Gasteiger partial charge in [-0.3, -0.25) is 9.52 Å². The predicted octanol–water partition coefficient (Wildman–Crippen LogP) is 0.809. The predicted molar refractivity (Wildman–Crippen MR) is 54.1 cm³/mol. The molecule has 1 rings (SSSR count). The maximum absolute atomic E-state index is 11.4. The van der Waals surface area contributed by atoms with Crippen LogP contribution in [0.2, 0.25) is 0 Å². The molecule has 14 heavy (non-hydrogen) atoms. The van der Waals surface area contributed by atoms with E-state index in [4.69, 9.17) is 0 Å². The van der Waals surface area contributed by atoms with E-state index in [2.05, 4.69) is 11.3 Å². The third-order valence-electron chi connectivity index (χ3n) is 2.32. The summed E-state index contributed by atoms with van der Waals surface area (Å²) in [4.78, 5) is 11.4. The zero-order valence-corrected chi connectivity index (χ0v) is 8.85. The topological polar surface area (TPSA) is 63.2 Å². The van der Waals surface area contributed by atoms with E-state index in [0.29, 0.717) is 0 Å². The maximum Gasteiger partial charge on any atom is 0.238 e. The van der Waals surface area contributed by atoms with Crippen LogP contribution in [0.3, 0.4) is 0 Å². The highest BCUT2D eigenvalue weighted by Gasteiger charge is 2.25. The van der Waals surface area contributed by atoms with Crippen molar-refractivity contribution in [1.82, 2.24) is 4.72 Å². The van der Waals surface area contributed by atoms with Crippen molar-refractivity contribution in [2.75, 3.05) is 5.75 Å². The lowest BCUT2D eigenvalue weighted by molar-refractivity contribution is -0.122. The molecule has 0 spiro atoms. The standard InChI is InChI=1S/C9H15NO3S/c1-2-7-14(12,13)10-9(11)8-5-3-4-6-8/h2,8H,1,3-7H2,(H,10,11). The van der Waals surface area contributed by atoms with E-state index >= 15 is 0 Å². The normalized spacial score (nSPS) is 18.0. The average Bonchev–Trinajstić information content (AvgIpc) is 2.53. The Morgan fingerprint density at radius 3 is 2.50 bits per heavy atom. The van der Waals surface area contributed by atoms with Crippen LogP contribution in [0, 0.1) is 5.92 Å². The Hall–Kier alpha value is -0.840. The molecule has 1 N–H and O–H groups in total. The summed E-state index contributed by atoms with van der Waals surface area (Å²) in [6, 6.07) is 0. The molecule has 4 nitrogen and oxygen atoms in total. The van der Waals surface area contributed by atoms with Gasteiger partial charge in [-0.05, 0) is 12.8 Å². The third-order valence-corrected chi connectivity index (χ3v) is 3.51. The van der Waals surface area contributed by atoms with E-state index in [-0.39, 0.29) is 17.6 Å². The largest absolute Gasteiger partial charge is 0.274 e. The summed E-state index contributed by atoms with van der Waals surface area (Å²) in [5.74, 6) is -0.676. The number of carbonyl (C=O) groups excluding carboxylic acids is 1. The van der Waals surface area contributed by atoms with Crippen molar-refractivity contribution in [2.24, 2.45) is 5.92 Å². The molecule has 1 aliphatic rings. The van der Waals surface area contributed by atoms with Crippen LogP contribution < -0.4 is 4.72 Å². The Morgan fingerprint density at radius 2 is 2.00 bits per heavy atom.